The number of amides is 1. The molecule has 2 aromatic rings. The summed E-state index contributed by atoms with van der Waals surface area (Å²) in [6.45, 7) is 8.37. The molecule has 150 valence electrons. The van der Waals surface area contributed by atoms with Crippen LogP contribution in [-0.2, 0) is 0 Å². The fourth-order valence-electron chi connectivity index (χ4n) is 4.54. The number of nitrogens with one attached hydrogen (secondary N) is 1. The van der Waals surface area contributed by atoms with Gasteiger partial charge in [0.05, 0.1) is 5.69 Å². The Labute approximate surface area is 167 Å². The van der Waals surface area contributed by atoms with Gasteiger partial charge in [0.15, 0.2) is 0 Å². The summed E-state index contributed by atoms with van der Waals surface area (Å²) in [4.78, 5) is 21.2. The SMILES string of the molecule is CC(C)c1cc(C2CCN(C3CCN(C(=O)c4ccncc4)CC3)CC2)[nH]n1. The minimum atomic E-state index is 0.139. The quantitative estimate of drug-likeness (QED) is 0.881. The second-order valence-electron chi connectivity index (χ2n) is 8.47. The summed E-state index contributed by atoms with van der Waals surface area (Å²) in [7, 11) is 0. The Bertz CT molecular complexity index is 771. The minimum Gasteiger partial charge on any atom is -0.339 e. The number of aromatic amines is 1. The average molecular weight is 382 g/mol. The number of piperidine rings is 2. The van der Waals surface area contributed by atoms with Gasteiger partial charge in [-0.05, 0) is 62.9 Å². The van der Waals surface area contributed by atoms with E-state index in [-0.39, 0.29) is 5.91 Å². The van der Waals surface area contributed by atoms with Crippen LogP contribution < -0.4 is 0 Å². The third-order valence-electron chi connectivity index (χ3n) is 6.37. The van der Waals surface area contributed by atoms with Crippen LogP contribution in [0.5, 0.6) is 0 Å². The van der Waals surface area contributed by atoms with Gasteiger partial charge in [0.1, 0.15) is 0 Å². The Morgan fingerprint density at radius 2 is 1.75 bits per heavy atom. The van der Waals surface area contributed by atoms with Crippen LogP contribution in [-0.4, -0.2) is 63.1 Å². The first-order valence-electron chi connectivity index (χ1n) is 10.6. The van der Waals surface area contributed by atoms with Crippen LogP contribution >= 0.6 is 0 Å². The highest BCUT2D eigenvalue weighted by Gasteiger charge is 2.30. The lowest BCUT2D eigenvalue weighted by atomic mass is 9.90. The number of likely N-dealkylation sites (tertiary alicyclic amines) is 2. The zero-order valence-electron chi connectivity index (χ0n) is 17.0. The molecule has 0 unspecified atom stereocenters. The van der Waals surface area contributed by atoms with Crippen molar-refractivity contribution in [1.29, 1.82) is 0 Å². The molecule has 0 saturated carbocycles. The molecule has 0 radical (unpaired) electrons. The molecule has 0 aromatic carbocycles. The van der Waals surface area contributed by atoms with Crippen molar-refractivity contribution in [2.24, 2.45) is 0 Å². The lowest BCUT2D eigenvalue weighted by Crippen LogP contribution is -2.48. The molecule has 0 spiro atoms. The first kappa shape index (κ1) is 19.1. The fraction of sp³-hybridized carbons (Fsp3) is 0.591. The standard InChI is InChI=1S/C22H31N5O/c1-16(2)20-15-21(25-24-20)17-5-11-26(12-6-17)19-7-13-27(14-8-19)22(28)18-3-9-23-10-4-18/h3-4,9-10,15-17,19H,5-8,11-14H2,1-2H3,(H,24,25). The maximum absolute atomic E-state index is 12.6. The predicted octanol–water partition coefficient (Wildman–Crippen LogP) is 3.41. The summed E-state index contributed by atoms with van der Waals surface area (Å²) < 4.78 is 0. The molecule has 2 aliphatic rings. The number of pyridine rings is 1. The van der Waals surface area contributed by atoms with Crippen molar-refractivity contribution < 1.29 is 4.79 Å². The molecule has 6 heteroatoms. The van der Waals surface area contributed by atoms with E-state index in [4.69, 9.17) is 0 Å². The number of carbonyl (C=O) groups is 1. The van der Waals surface area contributed by atoms with Crippen molar-refractivity contribution in [3.63, 3.8) is 0 Å². The van der Waals surface area contributed by atoms with Gasteiger partial charge in [0.25, 0.3) is 5.91 Å². The number of aromatic nitrogens is 3. The van der Waals surface area contributed by atoms with Gasteiger partial charge in [-0.15, -0.1) is 0 Å². The normalized spacial score (nSPS) is 20.0. The highest BCUT2D eigenvalue weighted by molar-refractivity contribution is 5.94. The molecule has 28 heavy (non-hydrogen) atoms. The molecule has 2 fully saturated rings. The highest BCUT2D eigenvalue weighted by atomic mass is 16.2. The minimum absolute atomic E-state index is 0.139. The average Bonchev–Trinajstić information content (AvgIpc) is 3.25. The number of hydrogen-bond acceptors (Lipinski definition) is 4. The third-order valence-corrected chi connectivity index (χ3v) is 6.37. The van der Waals surface area contributed by atoms with Crippen LogP contribution in [0.4, 0.5) is 0 Å². The molecule has 2 saturated heterocycles. The Kier molecular flexibility index (Phi) is 5.76. The number of nitrogens with zero attached hydrogens (tertiary/aromatic N) is 4. The number of hydrogen-bond donors (Lipinski definition) is 1. The fourth-order valence-corrected chi connectivity index (χ4v) is 4.54. The molecular formula is C22H31N5O. The van der Waals surface area contributed by atoms with Crippen LogP contribution in [0.1, 0.15) is 73.1 Å². The summed E-state index contributed by atoms with van der Waals surface area (Å²) >= 11 is 0. The zero-order valence-corrected chi connectivity index (χ0v) is 17.0. The van der Waals surface area contributed by atoms with Crippen molar-refractivity contribution in [3.05, 3.63) is 47.5 Å². The van der Waals surface area contributed by atoms with Gasteiger partial charge in [-0.25, -0.2) is 0 Å². The van der Waals surface area contributed by atoms with Crippen molar-refractivity contribution >= 4 is 5.91 Å². The van der Waals surface area contributed by atoms with Gasteiger partial charge in [0, 0.05) is 48.7 Å². The lowest BCUT2D eigenvalue weighted by Gasteiger charge is -2.41. The first-order valence-corrected chi connectivity index (χ1v) is 10.6. The smallest absolute Gasteiger partial charge is 0.253 e. The Balaban J connectivity index is 1.26. The van der Waals surface area contributed by atoms with Gasteiger partial charge < -0.3 is 9.80 Å². The van der Waals surface area contributed by atoms with Gasteiger partial charge in [-0.3, -0.25) is 14.9 Å². The Hall–Kier alpha value is -2.21. The van der Waals surface area contributed by atoms with Gasteiger partial charge in [-0.1, -0.05) is 13.8 Å². The maximum atomic E-state index is 12.6. The number of carbonyl (C=O) groups excluding carboxylic acids is 1. The highest BCUT2D eigenvalue weighted by Crippen LogP contribution is 2.31. The molecule has 0 bridgehead atoms. The summed E-state index contributed by atoms with van der Waals surface area (Å²) in [5.74, 6) is 1.22. The molecule has 2 aromatic heterocycles. The molecule has 4 heterocycles. The maximum Gasteiger partial charge on any atom is 0.253 e. The largest absolute Gasteiger partial charge is 0.339 e. The molecule has 0 atom stereocenters. The van der Waals surface area contributed by atoms with Crippen LogP contribution in [0.2, 0.25) is 0 Å². The molecular weight excluding hydrogens is 350 g/mol. The van der Waals surface area contributed by atoms with E-state index < -0.39 is 0 Å². The first-order chi connectivity index (χ1) is 13.6. The second kappa shape index (κ2) is 8.43. The van der Waals surface area contributed by atoms with Crippen LogP contribution in [0.15, 0.2) is 30.6 Å². The summed E-state index contributed by atoms with van der Waals surface area (Å²) in [6, 6.07) is 6.47. The van der Waals surface area contributed by atoms with Crippen molar-refractivity contribution in [2.75, 3.05) is 26.2 Å². The molecule has 0 aliphatic carbocycles. The summed E-state index contributed by atoms with van der Waals surface area (Å²) in [6.07, 6.45) is 7.90. The second-order valence-corrected chi connectivity index (χ2v) is 8.47. The van der Waals surface area contributed by atoms with Gasteiger partial charge in [0.2, 0.25) is 0 Å². The van der Waals surface area contributed by atoms with Crippen molar-refractivity contribution in [1.82, 2.24) is 25.0 Å². The van der Waals surface area contributed by atoms with Gasteiger partial charge in [-0.2, -0.15) is 5.10 Å². The van der Waals surface area contributed by atoms with E-state index in [0.717, 1.165) is 44.6 Å². The molecule has 1 N–H and O–H groups in total. The van der Waals surface area contributed by atoms with E-state index in [2.05, 4.69) is 40.0 Å². The number of rotatable bonds is 4. The lowest BCUT2D eigenvalue weighted by molar-refractivity contribution is 0.0577. The third kappa shape index (κ3) is 4.12. The van der Waals surface area contributed by atoms with E-state index in [1.807, 2.05) is 4.90 Å². The number of H-pyrrole nitrogens is 1. The molecule has 6 nitrogen and oxygen atoms in total. The molecule has 1 amide bonds. The van der Waals surface area contributed by atoms with Crippen molar-refractivity contribution in [3.8, 4) is 0 Å². The Morgan fingerprint density at radius 1 is 1.07 bits per heavy atom. The predicted molar refractivity (Wildman–Crippen MR) is 109 cm³/mol. The zero-order chi connectivity index (χ0) is 19.5. The summed E-state index contributed by atoms with van der Waals surface area (Å²) in [5.41, 5.74) is 3.22. The van der Waals surface area contributed by atoms with E-state index in [1.54, 1.807) is 24.5 Å². The Morgan fingerprint density at radius 3 is 2.36 bits per heavy atom. The summed E-state index contributed by atoms with van der Waals surface area (Å²) in [5, 5.41) is 7.74. The van der Waals surface area contributed by atoms with Crippen molar-refractivity contribution in [2.45, 2.75) is 57.4 Å². The molecule has 2 aliphatic heterocycles. The monoisotopic (exact) mass is 381 g/mol. The van der Waals surface area contributed by atoms with E-state index in [0.29, 0.717) is 17.9 Å². The molecule has 4 rings (SSSR count). The van der Waals surface area contributed by atoms with Crippen LogP contribution in [0, 0.1) is 0 Å². The van der Waals surface area contributed by atoms with Crippen LogP contribution in [0.25, 0.3) is 0 Å². The van der Waals surface area contributed by atoms with E-state index >= 15 is 0 Å². The van der Waals surface area contributed by atoms with Gasteiger partial charge >= 0.3 is 0 Å². The van der Waals surface area contributed by atoms with Crippen LogP contribution in [0.3, 0.4) is 0 Å². The van der Waals surface area contributed by atoms with E-state index in [1.165, 1.54) is 24.2 Å². The van der Waals surface area contributed by atoms with E-state index in [9.17, 15) is 4.79 Å². The topological polar surface area (TPSA) is 65.1 Å².